The molecule has 2 aromatic rings. The molecule has 0 aliphatic rings. The highest BCUT2D eigenvalue weighted by Gasteiger charge is 2.15. The molecule has 0 spiro atoms. The highest BCUT2D eigenvalue weighted by Crippen LogP contribution is 2.23. The van der Waals surface area contributed by atoms with Crippen molar-refractivity contribution in [2.45, 2.75) is 11.3 Å². The van der Waals surface area contributed by atoms with Crippen LogP contribution in [0.2, 0.25) is 0 Å². The number of nitrogens with zero attached hydrogens (tertiary/aromatic N) is 4. The maximum atomic E-state index is 11.7. The molecule has 2 aromatic heterocycles. The van der Waals surface area contributed by atoms with Crippen LogP contribution in [0.3, 0.4) is 0 Å². The van der Waals surface area contributed by atoms with Gasteiger partial charge < -0.3 is 16.4 Å². The van der Waals surface area contributed by atoms with E-state index < -0.39 is 0 Å². The number of carbonyl (C=O) groups excluding carboxylic acids is 2. The minimum Gasteiger partial charge on any atom is -0.374 e. The first-order valence-electron chi connectivity index (χ1n) is 5.16. The van der Waals surface area contributed by atoms with Crippen LogP contribution in [0.5, 0.6) is 0 Å². The van der Waals surface area contributed by atoms with Gasteiger partial charge in [-0.2, -0.15) is 0 Å². The molecule has 0 saturated heterocycles. The maximum Gasteiger partial charge on any atom is 0.236 e. The average molecular weight is 315 g/mol. The lowest BCUT2D eigenvalue weighted by Gasteiger charge is -2.01. The molecule has 2 amide bonds. The molecule has 0 aliphatic heterocycles. The van der Waals surface area contributed by atoms with Crippen LogP contribution in [0.25, 0.3) is 0 Å². The highest BCUT2D eigenvalue weighted by atomic mass is 32.2. The van der Waals surface area contributed by atoms with E-state index in [0.29, 0.717) is 9.47 Å². The molecule has 0 bridgehead atoms. The highest BCUT2D eigenvalue weighted by molar-refractivity contribution is 8.01. The van der Waals surface area contributed by atoms with Crippen molar-refractivity contribution in [2.75, 3.05) is 22.1 Å². The third kappa shape index (κ3) is 3.89. The SMILES string of the molecule is CC(=O)Nc1nonc1NC(=O)CSc1nnc(N)s1. The van der Waals surface area contributed by atoms with Gasteiger partial charge in [0.2, 0.25) is 28.6 Å². The van der Waals surface area contributed by atoms with E-state index in [1.807, 2.05) is 0 Å². The van der Waals surface area contributed by atoms with E-state index >= 15 is 0 Å². The lowest BCUT2D eigenvalue weighted by molar-refractivity contribution is -0.115. The van der Waals surface area contributed by atoms with Crippen LogP contribution in [0, 0.1) is 0 Å². The van der Waals surface area contributed by atoms with Crippen LogP contribution < -0.4 is 16.4 Å². The molecule has 2 rings (SSSR count). The summed E-state index contributed by atoms with van der Waals surface area (Å²) in [5, 5.41) is 19.5. The van der Waals surface area contributed by atoms with Gasteiger partial charge in [-0.15, -0.1) is 10.2 Å². The molecule has 0 saturated carbocycles. The summed E-state index contributed by atoms with van der Waals surface area (Å²) < 4.78 is 5.02. The normalized spacial score (nSPS) is 10.2. The monoisotopic (exact) mass is 315 g/mol. The Morgan fingerprint density at radius 2 is 2.00 bits per heavy atom. The van der Waals surface area contributed by atoms with Gasteiger partial charge in [-0.3, -0.25) is 9.59 Å². The fourth-order valence-electron chi connectivity index (χ4n) is 1.09. The van der Waals surface area contributed by atoms with E-state index in [4.69, 9.17) is 5.73 Å². The summed E-state index contributed by atoms with van der Waals surface area (Å²) >= 11 is 2.36. The molecule has 10 nitrogen and oxygen atoms in total. The number of thioether (sulfide) groups is 1. The zero-order valence-corrected chi connectivity index (χ0v) is 11.7. The zero-order valence-electron chi connectivity index (χ0n) is 10.1. The van der Waals surface area contributed by atoms with Crippen LogP contribution in [0.4, 0.5) is 16.8 Å². The van der Waals surface area contributed by atoms with E-state index in [-0.39, 0.29) is 29.2 Å². The Kier molecular flexibility index (Phi) is 4.47. The molecule has 106 valence electrons. The number of anilines is 3. The quantitative estimate of drug-likeness (QED) is 0.657. The van der Waals surface area contributed by atoms with Crippen LogP contribution >= 0.6 is 23.1 Å². The maximum absolute atomic E-state index is 11.7. The van der Waals surface area contributed by atoms with Gasteiger partial charge in [0.1, 0.15) is 0 Å². The Balaban J connectivity index is 1.88. The minimum absolute atomic E-state index is 0.0441. The summed E-state index contributed by atoms with van der Waals surface area (Å²) in [6.45, 7) is 1.30. The minimum atomic E-state index is -0.355. The molecular weight excluding hydrogens is 306 g/mol. The van der Waals surface area contributed by atoms with Crippen molar-refractivity contribution in [3.05, 3.63) is 0 Å². The molecule has 4 N–H and O–H groups in total. The van der Waals surface area contributed by atoms with Gasteiger partial charge in [0.15, 0.2) is 4.34 Å². The first kappa shape index (κ1) is 14.2. The van der Waals surface area contributed by atoms with Gasteiger partial charge in [-0.05, 0) is 10.3 Å². The molecule has 0 aromatic carbocycles. The lowest BCUT2D eigenvalue weighted by Crippen LogP contribution is -2.16. The molecule has 0 radical (unpaired) electrons. The largest absolute Gasteiger partial charge is 0.374 e. The Hall–Kier alpha value is -2.21. The first-order chi connectivity index (χ1) is 9.54. The van der Waals surface area contributed by atoms with Crippen LogP contribution in [-0.4, -0.2) is 38.1 Å². The average Bonchev–Trinajstić information content (AvgIpc) is 2.96. The molecule has 0 unspecified atom stereocenters. The van der Waals surface area contributed by atoms with Crippen molar-refractivity contribution in [3.63, 3.8) is 0 Å². The summed E-state index contributed by atoms with van der Waals surface area (Å²) in [5.41, 5.74) is 5.42. The summed E-state index contributed by atoms with van der Waals surface area (Å²) in [4.78, 5) is 22.6. The van der Waals surface area contributed by atoms with Gasteiger partial charge in [0.25, 0.3) is 0 Å². The van der Waals surface area contributed by atoms with E-state index in [1.54, 1.807) is 0 Å². The fraction of sp³-hybridized carbons (Fsp3) is 0.250. The molecule has 12 heteroatoms. The summed E-state index contributed by atoms with van der Waals surface area (Å²) in [5.74, 6) is -0.527. The number of hydrogen-bond donors (Lipinski definition) is 3. The fourth-order valence-corrected chi connectivity index (χ4v) is 2.53. The summed E-state index contributed by atoms with van der Waals surface area (Å²) in [6, 6.07) is 0. The molecular formula is C8H9N7O3S2. The van der Waals surface area contributed by atoms with Crippen molar-refractivity contribution in [2.24, 2.45) is 0 Å². The van der Waals surface area contributed by atoms with Gasteiger partial charge in [0, 0.05) is 6.92 Å². The summed E-state index contributed by atoms with van der Waals surface area (Å²) in [6.07, 6.45) is 0. The van der Waals surface area contributed by atoms with E-state index in [0.717, 1.165) is 0 Å². The van der Waals surface area contributed by atoms with Crippen LogP contribution in [-0.2, 0) is 9.59 Å². The standard InChI is InChI=1S/C8H9N7O3S2/c1-3(16)10-5-6(15-18-14-5)11-4(17)2-19-8-13-12-7(9)20-8/h2H2,1H3,(H2,9,12)(H,10,14,16)(H,11,15,17). The molecule has 0 aliphatic carbocycles. The van der Waals surface area contributed by atoms with Gasteiger partial charge in [-0.1, -0.05) is 23.1 Å². The van der Waals surface area contributed by atoms with Crippen molar-refractivity contribution >= 4 is 51.7 Å². The number of nitrogens with one attached hydrogen (secondary N) is 2. The van der Waals surface area contributed by atoms with Crippen molar-refractivity contribution in [1.82, 2.24) is 20.5 Å². The first-order valence-corrected chi connectivity index (χ1v) is 6.96. The Morgan fingerprint density at radius 3 is 2.60 bits per heavy atom. The number of rotatable bonds is 5. The third-order valence-electron chi connectivity index (χ3n) is 1.79. The van der Waals surface area contributed by atoms with Crippen molar-refractivity contribution in [1.29, 1.82) is 0 Å². The Morgan fingerprint density at radius 1 is 1.30 bits per heavy atom. The number of hydrogen-bond acceptors (Lipinski definition) is 10. The second kappa shape index (κ2) is 6.29. The smallest absolute Gasteiger partial charge is 0.236 e. The second-order valence-electron chi connectivity index (χ2n) is 3.39. The summed E-state index contributed by atoms with van der Waals surface area (Å²) in [7, 11) is 0. The van der Waals surface area contributed by atoms with E-state index in [9.17, 15) is 9.59 Å². The number of amides is 2. The van der Waals surface area contributed by atoms with Crippen LogP contribution in [0.15, 0.2) is 8.97 Å². The number of nitrogen functional groups attached to an aromatic ring is 1. The van der Waals surface area contributed by atoms with Crippen molar-refractivity contribution < 1.29 is 14.2 Å². The molecule has 20 heavy (non-hydrogen) atoms. The molecule has 0 atom stereocenters. The second-order valence-corrected chi connectivity index (χ2v) is 5.62. The van der Waals surface area contributed by atoms with Crippen molar-refractivity contribution in [3.8, 4) is 0 Å². The molecule has 2 heterocycles. The molecule has 0 fully saturated rings. The number of carbonyl (C=O) groups is 2. The Labute approximate surface area is 120 Å². The van der Waals surface area contributed by atoms with Gasteiger partial charge >= 0.3 is 0 Å². The Bertz CT molecular complexity index is 625. The van der Waals surface area contributed by atoms with Crippen LogP contribution in [0.1, 0.15) is 6.92 Å². The van der Waals surface area contributed by atoms with E-state index in [2.05, 4.69) is 35.8 Å². The third-order valence-corrected chi connectivity index (χ3v) is 3.68. The van der Waals surface area contributed by atoms with Gasteiger partial charge in [-0.25, -0.2) is 4.63 Å². The zero-order chi connectivity index (χ0) is 14.5. The topological polar surface area (TPSA) is 149 Å². The van der Waals surface area contributed by atoms with E-state index in [1.165, 1.54) is 30.0 Å². The predicted molar refractivity (Wildman–Crippen MR) is 72.3 cm³/mol. The lowest BCUT2D eigenvalue weighted by atomic mass is 10.5. The number of nitrogens with two attached hydrogens (primary N) is 1. The van der Waals surface area contributed by atoms with Gasteiger partial charge in [0.05, 0.1) is 5.75 Å². The predicted octanol–water partition coefficient (Wildman–Crippen LogP) is 0.192. The number of aromatic nitrogens is 4.